The van der Waals surface area contributed by atoms with Gasteiger partial charge < -0.3 is 5.11 Å². The van der Waals surface area contributed by atoms with Gasteiger partial charge in [-0.2, -0.15) is 0 Å². The van der Waals surface area contributed by atoms with Crippen LogP contribution in [0.5, 0.6) is 0 Å². The molecule has 0 amide bonds. The van der Waals surface area contributed by atoms with E-state index >= 15 is 0 Å². The second-order valence-electron chi connectivity index (χ2n) is 5.19. The number of aryl methyl sites for hydroxylation is 2. The minimum Gasteiger partial charge on any atom is -0.478 e. The van der Waals surface area contributed by atoms with Gasteiger partial charge in [0.25, 0.3) is 0 Å². The fraction of sp³-hybridized carbons (Fsp3) is 0.267. The van der Waals surface area contributed by atoms with E-state index < -0.39 is 16.0 Å². The van der Waals surface area contributed by atoms with Crippen molar-refractivity contribution in [3.63, 3.8) is 0 Å². The molecule has 1 heterocycles. The molecule has 0 unspecified atom stereocenters. The van der Waals surface area contributed by atoms with Crippen molar-refractivity contribution >= 4 is 21.7 Å². The van der Waals surface area contributed by atoms with Crippen LogP contribution < -0.4 is 4.31 Å². The Morgan fingerprint density at radius 2 is 1.65 bits per heavy atom. The number of hydrogen-bond acceptors (Lipinski definition) is 5. The van der Waals surface area contributed by atoms with Gasteiger partial charge in [-0.3, -0.25) is 4.31 Å². The summed E-state index contributed by atoms with van der Waals surface area (Å²) in [5.41, 5.74) is 1.95. The van der Waals surface area contributed by atoms with Crippen molar-refractivity contribution < 1.29 is 18.3 Å². The molecule has 2 aromatic rings. The molecular formula is C15H17N3O4S. The molecule has 0 aliphatic rings. The summed E-state index contributed by atoms with van der Waals surface area (Å²) in [6.45, 7) is 3.60. The van der Waals surface area contributed by atoms with Gasteiger partial charge in [0.15, 0.2) is 0 Å². The lowest BCUT2D eigenvalue weighted by Gasteiger charge is -2.22. The van der Waals surface area contributed by atoms with Crippen molar-refractivity contribution in [1.82, 2.24) is 9.97 Å². The van der Waals surface area contributed by atoms with Gasteiger partial charge in [-0.1, -0.05) is 0 Å². The number of benzene rings is 1. The summed E-state index contributed by atoms with van der Waals surface area (Å²) < 4.78 is 25.3. The number of carboxylic acid groups (broad SMARTS) is 1. The van der Waals surface area contributed by atoms with Crippen LogP contribution in [0, 0.1) is 13.8 Å². The zero-order chi connectivity index (χ0) is 17.2. The molecule has 1 N–H and O–H groups in total. The van der Waals surface area contributed by atoms with E-state index in [2.05, 4.69) is 9.97 Å². The third-order valence-corrected chi connectivity index (χ3v) is 4.26. The van der Waals surface area contributed by atoms with E-state index in [0.717, 1.165) is 21.9 Å². The fourth-order valence-corrected chi connectivity index (χ4v) is 3.02. The summed E-state index contributed by atoms with van der Waals surface area (Å²) in [6, 6.07) is 7.42. The van der Waals surface area contributed by atoms with Gasteiger partial charge in [-0.15, -0.1) is 0 Å². The molecule has 0 aliphatic heterocycles. The maximum Gasteiger partial charge on any atom is 0.335 e. The topological polar surface area (TPSA) is 100 Å². The Balaban J connectivity index is 2.40. The van der Waals surface area contributed by atoms with Crippen LogP contribution in [0.4, 0.5) is 5.69 Å². The van der Waals surface area contributed by atoms with Crippen LogP contribution in [0.25, 0.3) is 0 Å². The van der Waals surface area contributed by atoms with Crippen LogP contribution in [-0.2, 0) is 16.6 Å². The van der Waals surface area contributed by atoms with Crippen molar-refractivity contribution in [3.8, 4) is 0 Å². The summed E-state index contributed by atoms with van der Waals surface area (Å²) in [5, 5.41) is 8.92. The molecule has 0 atom stereocenters. The molecule has 2 rings (SSSR count). The van der Waals surface area contributed by atoms with Gasteiger partial charge in [0.05, 0.1) is 24.1 Å². The first-order valence-electron chi connectivity index (χ1n) is 6.79. The Bertz CT molecular complexity index is 812. The van der Waals surface area contributed by atoms with Gasteiger partial charge in [0.1, 0.15) is 5.82 Å². The Labute approximate surface area is 134 Å². The third-order valence-electron chi connectivity index (χ3n) is 3.12. The molecule has 0 saturated carbocycles. The monoisotopic (exact) mass is 335 g/mol. The first-order valence-corrected chi connectivity index (χ1v) is 8.64. The lowest BCUT2D eigenvalue weighted by molar-refractivity contribution is 0.0697. The second-order valence-corrected chi connectivity index (χ2v) is 7.10. The number of aromatic nitrogens is 2. The van der Waals surface area contributed by atoms with E-state index in [9.17, 15) is 13.2 Å². The normalized spacial score (nSPS) is 11.3. The average molecular weight is 335 g/mol. The number of sulfonamides is 1. The summed E-state index contributed by atoms with van der Waals surface area (Å²) in [6.07, 6.45) is 1.08. The van der Waals surface area contributed by atoms with Gasteiger partial charge in [-0.25, -0.2) is 23.2 Å². The maximum atomic E-state index is 12.1. The number of carboxylic acids is 1. The van der Waals surface area contributed by atoms with Gasteiger partial charge in [-0.05, 0) is 44.2 Å². The van der Waals surface area contributed by atoms with Gasteiger partial charge >= 0.3 is 5.97 Å². The first kappa shape index (κ1) is 16.9. The number of carbonyl (C=O) groups is 1. The predicted octanol–water partition coefficient (Wildman–Crippen LogP) is 1.76. The summed E-state index contributed by atoms with van der Waals surface area (Å²) in [7, 11) is -3.57. The van der Waals surface area contributed by atoms with E-state index in [1.807, 2.05) is 13.8 Å². The summed E-state index contributed by atoms with van der Waals surface area (Å²) in [4.78, 5) is 19.4. The Morgan fingerprint density at radius 3 is 2.09 bits per heavy atom. The highest BCUT2D eigenvalue weighted by Crippen LogP contribution is 2.20. The second kappa shape index (κ2) is 6.33. The smallest absolute Gasteiger partial charge is 0.335 e. The van der Waals surface area contributed by atoms with Crippen LogP contribution in [0.2, 0.25) is 0 Å². The molecule has 122 valence electrons. The minimum absolute atomic E-state index is 0.0201. The average Bonchev–Trinajstić information content (AvgIpc) is 2.42. The maximum absolute atomic E-state index is 12.1. The fourth-order valence-electron chi connectivity index (χ4n) is 2.17. The zero-order valence-electron chi connectivity index (χ0n) is 13.0. The van der Waals surface area contributed by atoms with Crippen LogP contribution in [0.3, 0.4) is 0 Å². The van der Waals surface area contributed by atoms with Gasteiger partial charge in [0.2, 0.25) is 10.0 Å². The lowest BCUT2D eigenvalue weighted by Crippen LogP contribution is -2.30. The van der Waals surface area contributed by atoms with E-state index in [0.29, 0.717) is 11.5 Å². The van der Waals surface area contributed by atoms with Crippen molar-refractivity contribution in [2.24, 2.45) is 0 Å². The zero-order valence-corrected chi connectivity index (χ0v) is 13.8. The molecule has 0 saturated heterocycles. The Hall–Kier alpha value is -2.48. The van der Waals surface area contributed by atoms with E-state index in [-0.39, 0.29) is 12.1 Å². The number of aromatic carboxylic acids is 1. The molecule has 8 heteroatoms. The number of hydrogen-bond donors (Lipinski definition) is 1. The van der Waals surface area contributed by atoms with Crippen molar-refractivity contribution in [2.45, 2.75) is 20.4 Å². The van der Waals surface area contributed by atoms with Crippen molar-refractivity contribution in [2.75, 3.05) is 10.6 Å². The van der Waals surface area contributed by atoms with Crippen LogP contribution in [0.15, 0.2) is 30.3 Å². The van der Waals surface area contributed by atoms with E-state index in [1.54, 1.807) is 6.07 Å². The molecule has 23 heavy (non-hydrogen) atoms. The van der Waals surface area contributed by atoms with Crippen molar-refractivity contribution in [1.29, 1.82) is 0 Å². The molecule has 1 aromatic heterocycles. The molecular weight excluding hydrogens is 318 g/mol. The highest BCUT2D eigenvalue weighted by molar-refractivity contribution is 7.92. The predicted molar refractivity (Wildman–Crippen MR) is 85.9 cm³/mol. The quantitative estimate of drug-likeness (QED) is 0.893. The first-order chi connectivity index (χ1) is 10.7. The number of anilines is 1. The molecule has 0 aliphatic carbocycles. The van der Waals surface area contributed by atoms with E-state index in [1.165, 1.54) is 24.3 Å². The molecule has 0 bridgehead atoms. The SMILES string of the molecule is Cc1cc(C)nc(CN(c2ccc(C(=O)O)cc2)S(C)(=O)=O)n1. The minimum atomic E-state index is -3.57. The molecule has 0 fully saturated rings. The van der Waals surface area contributed by atoms with Crippen LogP contribution in [-0.4, -0.2) is 35.7 Å². The third kappa shape index (κ3) is 4.26. The lowest BCUT2D eigenvalue weighted by atomic mass is 10.2. The van der Waals surface area contributed by atoms with Gasteiger partial charge in [0, 0.05) is 11.4 Å². The highest BCUT2D eigenvalue weighted by atomic mass is 32.2. The largest absolute Gasteiger partial charge is 0.478 e. The highest BCUT2D eigenvalue weighted by Gasteiger charge is 2.20. The Kier molecular flexibility index (Phi) is 4.65. The number of rotatable bonds is 5. The van der Waals surface area contributed by atoms with Crippen LogP contribution >= 0.6 is 0 Å². The molecule has 1 aromatic carbocycles. The van der Waals surface area contributed by atoms with E-state index in [4.69, 9.17) is 5.11 Å². The molecule has 0 spiro atoms. The standard InChI is InChI=1S/C15H17N3O4S/c1-10-8-11(2)17-14(16-10)9-18(23(3,21)22)13-6-4-12(5-7-13)15(19)20/h4-8H,9H2,1-3H3,(H,19,20). The summed E-state index contributed by atoms with van der Waals surface area (Å²) in [5.74, 6) is -0.685. The van der Waals surface area contributed by atoms with Crippen LogP contribution in [0.1, 0.15) is 27.6 Å². The summed E-state index contributed by atoms with van der Waals surface area (Å²) >= 11 is 0. The van der Waals surface area contributed by atoms with Crippen molar-refractivity contribution in [3.05, 3.63) is 53.1 Å². The Morgan fingerprint density at radius 1 is 1.13 bits per heavy atom. The molecule has 0 radical (unpaired) electrons. The molecule has 7 nitrogen and oxygen atoms in total. The number of nitrogens with zero attached hydrogens (tertiary/aromatic N) is 3.